The Hall–Kier alpha value is -0.790. The number of hydrogen-bond donors (Lipinski definition) is 0. The van der Waals surface area contributed by atoms with E-state index in [1.165, 1.54) is 70.6 Å². The first-order valence-electron chi connectivity index (χ1n) is 8.80. The van der Waals surface area contributed by atoms with Crippen LogP contribution in [0.1, 0.15) is 91.4 Å². The van der Waals surface area contributed by atoms with Crippen LogP contribution in [0.3, 0.4) is 0 Å². The Morgan fingerprint density at radius 3 is 1.70 bits per heavy atom. The molecule has 1 aromatic heterocycles. The van der Waals surface area contributed by atoms with Crippen molar-refractivity contribution in [2.75, 3.05) is 0 Å². The molecule has 0 saturated heterocycles. The highest BCUT2D eigenvalue weighted by Gasteiger charge is 1.93. The molecule has 0 amide bonds. The summed E-state index contributed by atoms with van der Waals surface area (Å²) in [6.45, 7) is 7.66. The minimum absolute atomic E-state index is 1.14. The monoisotopic (exact) mass is 280 g/mol. The third-order valence-electron chi connectivity index (χ3n) is 3.33. The summed E-state index contributed by atoms with van der Waals surface area (Å²) in [4.78, 5) is 4.05. The molecule has 0 atom stereocenters. The Kier molecular flexibility index (Phi) is 15.6. The molecule has 0 N–H and O–H groups in total. The fourth-order valence-electron chi connectivity index (χ4n) is 2.20. The number of hydrogen-bond acceptors (Lipinski definition) is 1. The summed E-state index contributed by atoms with van der Waals surface area (Å²) in [6, 6.07) is 0. The number of rotatable bonds is 11. The molecule has 0 aliphatic carbocycles. The second-order valence-corrected chi connectivity index (χ2v) is 5.69. The second-order valence-electron chi connectivity index (χ2n) is 5.69. The van der Waals surface area contributed by atoms with Crippen LogP contribution in [0, 0.1) is 0 Å². The maximum Gasteiger partial charge on any atom is 0.0945 e. The molecule has 0 saturated carbocycles. The van der Waals surface area contributed by atoms with Gasteiger partial charge in [0.05, 0.1) is 6.33 Å². The van der Waals surface area contributed by atoms with Gasteiger partial charge in [-0.05, 0) is 6.42 Å². The van der Waals surface area contributed by atoms with Crippen molar-refractivity contribution in [2.24, 2.45) is 0 Å². The van der Waals surface area contributed by atoms with Gasteiger partial charge in [0.2, 0.25) is 0 Å². The van der Waals surface area contributed by atoms with E-state index in [0.717, 1.165) is 6.54 Å². The van der Waals surface area contributed by atoms with Crippen molar-refractivity contribution in [2.45, 2.75) is 97.9 Å². The third kappa shape index (κ3) is 13.6. The predicted molar refractivity (Wildman–Crippen MR) is 90.0 cm³/mol. The summed E-state index contributed by atoms with van der Waals surface area (Å²) >= 11 is 0. The SMILES string of the molecule is CCC.CCCCCCCCCCCCn1ccnc1. The van der Waals surface area contributed by atoms with Gasteiger partial charge in [-0.3, -0.25) is 0 Å². The van der Waals surface area contributed by atoms with Gasteiger partial charge < -0.3 is 4.57 Å². The Labute approximate surface area is 127 Å². The first-order chi connectivity index (χ1) is 9.85. The van der Waals surface area contributed by atoms with Crippen molar-refractivity contribution in [3.8, 4) is 0 Å². The quantitative estimate of drug-likeness (QED) is 0.440. The summed E-state index contributed by atoms with van der Waals surface area (Å²) in [5.74, 6) is 0. The Balaban J connectivity index is 0.00000110. The molecule has 2 heteroatoms. The summed E-state index contributed by atoms with van der Waals surface area (Å²) < 4.78 is 2.17. The van der Waals surface area contributed by atoms with Crippen LogP contribution in [-0.2, 0) is 6.54 Å². The Morgan fingerprint density at radius 2 is 1.25 bits per heavy atom. The Bertz CT molecular complexity index is 254. The number of unbranched alkanes of at least 4 members (excludes halogenated alkanes) is 9. The van der Waals surface area contributed by atoms with E-state index in [4.69, 9.17) is 0 Å². The largest absolute Gasteiger partial charge is 0.337 e. The number of nitrogens with zero attached hydrogens (tertiary/aromatic N) is 2. The van der Waals surface area contributed by atoms with Crippen LogP contribution in [0.4, 0.5) is 0 Å². The smallest absolute Gasteiger partial charge is 0.0945 e. The van der Waals surface area contributed by atoms with Crippen molar-refractivity contribution < 1.29 is 0 Å². The topological polar surface area (TPSA) is 17.8 Å². The zero-order valence-electron chi connectivity index (χ0n) is 14.1. The second kappa shape index (κ2) is 16.3. The van der Waals surface area contributed by atoms with Gasteiger partial charge in [0.15, 0.2) is 0 Å². The highest BCUT2D eigenvalue weighted by molar-refractivity contribution is 4.73. The first-order valence-corrected chi connectivity index (χ1v) is 8.80. The molecule has 0 bridgehead atoms. The van der Waals surface area contributed by atoms with Crippen LogP contribution < -0.4 is 0 Å². The number of aromatic nitrogens is 2. The van der Waals surface area contributed by atoms with E-state index in [1.54, 1.807) is 0 Å². The van der Waals surface area contributed by atoms with E-state index in [-0.39, 0.29) is 0 Å². The molecule has 1 aromatic rings. The molecule has 0 fully saturated rings. The van der Waals surface area contributed by atoms with E-state index < -0.39 is 0 Å². The normalized spacial score (nSPS) is 10.2. The maximum absolute atomic E-state index is 4.05. The van der Waals surface area contributed by atoms with Crippen LogP contribution in [0.2, 0.25) is 0 Å². The lowest BCUT2D eigenvalue weighted by molar-refractivity contribution is 0.534. The zero-order valence-corrected chi connectivity index (χ0v) is 14.1. The van der Waals surface area contributed by atoms with Gasteiger partial charge in [0, 0.05) is 18.9 Å². The third-order valence-corrected chi connectivity index (χ3v) is 3.33. The van der Waals surface area contributed by atoms with Crippen molar-refractivity contribution in [3.05, 3.63) is 18.7 Å². The lowest BCUT2D eigenvalue weighted by Gasteiger charge is -2.03. The van der Waals surface area contributed by atoms with Gasteiger partial charge in [-0.25, -0.2) is 4.98 Å². The average molecular weight is 280 g/mol. The lowest BCUT2D eigenvalue weighted by Crippen LogP contribution is -1.93. The van der Waals surface area contributed by atoms with Crippen LogP contribution >= 0.6 is 0 Å². The zero-order chi connectivity index (χ0) is 14.9. The number of imidazole rings is 1. The number of aryl methyl sites for hydroxylation is 1. The molecule has 1 heterocycles. The molecule has 0 radical (unpaired) electrons. The van der Waals surface area contributed by atoms with Crippen molar-refractivity contribution in [1.82, 2.24) is 9.55 Å². The standard InChI is InChI=1S/C15H28N2.C3H8/c1-2-3-4-5-6-7-8-9-10-11-13-17-14-12-16-15-17;1-3-2/h12,14-15H,2-11,13H2,1H3;3H2,1-2H3. The molecular weight excluding hydrogens is 244 g/mol. The van der Waals surface area contributed by atoms with E-state index >= 15 is 0 Å². The molecule has 118 valence electrons. The minimum Gasteiger partial charge on any atom is -0.337 e. The molecule has 0 aliphatic heterocycles. The molecular formula is C18H36N2. The average Bonchev–Trinajstić information content (AvgIpc) is 2.95. The predicted octanol–water partition coefficient (Wildman–Crippen LogP) is 6.22. The van der Waals surface area contributed by atoms with Crippen molar-refractivity contribution in [3.63, 3.8) is 0 Å². The van der Waals surface area contributed by atoms with Crippen molar-refractivity contribution >= 4 is 0 Å². The van der Waals surface area contributed by atoms with Crippen molar-refractivity contribution in [1.29, 1.82) is 0 Å². The van der Waals surface area contributed by atoms with E-state index in [0.29, 0.717) is 0 Å². The van der Waals surface area contributed by atoms with Gasteiger partial charge >= 0.3 is 0 Å². The summed E-state index contributed by atoms with van der Waals surface area (Å²) in [7, 11) is 0. The van der Waals surface area contributed by atoms with Gasteiger partial charge in [-0.15, -0.1) is 0 Å². The summed E-state index contributed by atoms with van der Waals surface area (Å²) in [5.41, 5.74) is 0. The van der Waals surface area contributed by atoms with Crippen LogP contribution in [0.5, 0.6) is 0 Å². The maximum atomic E-state index is 4.05. The van der Waals surface area contributed by atoms with E-state index in [9.17, 15) is 0 Å². The fraction of sp³-hybridized carbons (Fsp3) is 0.833. The van der Waals surface area contributed by atoms with Gasteiger partial charge in [-0.1, -0.05) is 85.0 Å². The summed E-state index contributed by atoms with van der Waals surface area (Å²) in [6.07, 6.45) is 21.1. The van der Waals surface area contributed by atoms with Gasteiger partial charge in [-0.2, -0.15) is 0 Å². The van der Waals surface area contributed by atoms with Crippen LogP contribution in [0.15, 0.2) is 18.7 Å². The van der Waals surface area contributed by atoms with E-state index in [2.05, 4.69) is 30.3 Å². The molecule has 0 spiro atoms. The van der Waals surface area contributed by atoms with Gasteiger partial charge in [0.1, 0.15) is 0 Å². The minimum atomic E-state index is 1.14. The first kappa shape index (κ1) is 19.2. The lowest BCUT2D eigenvalue weighted by atomic mass is 10.1. The molecule has 0 aliphatic rings. The van der Waals surface area contributed by atoms with Crippen LogP contribution in [0.25, 0.3) is 0 Å². The summed E-state index contributed by atoms with van der Waals surface area (Å²) in [5, 5.41) is 0. The molecule has 0 aromatic carbocycles. The highest BCUT2D eigenvalue weighted by Crippen LogP contribution is 2.10. The van der Waals surface area contributed by atoms with E-state index in [1.807, 2.05) is 18.7 Å². The molecule has 20 heavy (non-hydrogen) atoms. The Morgan fingerprint density at radius 1 is 0.750 bits per heavy atom. The highest BCUT2D eigenvalue weighted by atomic mass is 15.0. The fourth-order valence-corrected chi connectivity index (χ4v) is 2.20. The molecule has 1 rings (SSSR count). The van der Waals surface area contributed by atoms with Crippen LogP contribution in [-0.4, -0.2) is 9.55 Å². The molecule has 0 unspecified atom stereocenters. The molecule has 2 nitrogen and oxygen atoms in total. The van der Waals surface area contributed by atoms with Gasteiger partial charge in [0.25, 0.3) is 0 Å².